The van der Waals surface area contributed by atoms with Crippen molar-refractivity contribution in [2.75, 3.05) is 5.32 Å². The molecule has 124 valence electrons. The van der Waals surface area contributed by atoms with Crippen LogP contribution in [0.5, 0.6) is 0 Å². The van der Waals surface area contributed by atoms with Crippen LogP contribution in [0.15, 0.2) is 41.5 Å². The first kappa shape index (κ1) is 16.6. The second kappa shape index (κ2) is 7.11. The number of benzene rings is 1. The lowest BCUT2D eigenvalue weighted by Gasteiger charge is -2.10. The summed E-state index contributed by atoms with van der Waals surface area (Å²) >= 11 is 3.19. The zero-order valence-electron chi connectivity index (χ0n) is 13.7. The molecule has 0 radical (unpaired) electrons. The number of fused-ring (bicyclic) bond motifs is 1. The Morgan fingerprint density at radius 2 is 2.00 bits per heavy atom. The van der Waals surface area contributed by atoms with Crippen molar-refractivity contribution in [2.45, 2.75) is 26.8 Å². The van der Waals surface area contributed by atoms with Crippen LogP contribution in [0, 0.1) is 6.92 Å². The van der Waals surface area contributed by atoms with E-state index in [4.69, 9.17) is 0 Å². The number of amides is 1. The van der Waals surface area contributed by atoms with Gasteiger partial charge in [-0.2, -0.15) is 5.10 Å². The van der Waals surface area contributed by atoms with Gasteiger partial charge in [-0.15, -0.1) is 11.3 Å². The van der Waals surface area contributed by atoms with Crippen molar-refractivity contribution in [3.05, 3.63) is 46.2 Å². The van der Waals surface area contributed by atoms with Crippen LogP contribution in [0.2, 0.25) is 0 Å². The molecule has 0 aliphatic heterocycles. The number of nitrogens with one attached hydrogen (secondary N) is 2. The molecule has 1 amide bonds. The summed E-state index contributed by atoms with van der Waals surface area (Å²) in [5, 5.41) is 8.04. The van der Waals surface area contributed by atoms with Crippen LogP contribution in [-0.2, 0) is 4.79 Å². The molecule has 2 aromatic heterocycles. The monoisotopic (exact) mass is 358 g/mol. The highest BCUT2D eigenvalue weighted by Gasteiger charge is 2.14. The van der Waals surface area contributed by atoms with E-state index in [9.17, 15) is 4.79 Å². The molecule has 0 fully saturated rings. The summed E-state index contributed by atoms with van der Waals surface area (Å²) < 4.78 is 1.09. The highest BCUT2D eigenvalue weighted by Crippen LogP contribution is 2.25. The number of hydrazone groups is 1. The molecule has 1 atom stereocenters. The minimum Gasteiger partial charge on any atom is -0.350 e. The van der Waals surface area contributed by atoms with E-state index in [1.54, 1.807) is 18.3 Å². The maximum atomic E-state index is 12.2. The molecule has 0 aliphatic rings. The smallest absolute Gasteiger partial charge is 0.262 e. The lowest BCUT2D eigenvalue weighted by molar-refractivity contribution is -0.121. The number of hydrogen-bond acceptors (Lipinski definition) is 6. The van der Waals surface area contributed by atoms with Gasteiger partial charge in [0.1, 0.15) is 6.04 Å². The zero-order valence-corrected chi connectivity index (χ0v) is 15.3. The van der Waals surface area contributed by atoms with E-state index in [2.05, 4.69) is 20.8 Å². The molecule has 3 rings (SSSR count). The fraction of sp³-hybridized carbons (Fsp3) is 0.235. The summed E-state index contributed by atoms with van der Waals surface area (Å²) in [6.45, 7) is 5.72. The molecule has 0 spiro atoms. The maximum absolute atomic E-state index is 12.2. The predicted molar refractivity (Wildman–Crippen MR) is 102 cm³/mol. The van der Waals surface area contributed by atoms with Crippen LogP contribution in [0.3, 0.4) is 0 Å². The highest BCUT2D eigenvalue weighted by atomic mass is 32.1. The molecule has 24 heavy (non-hydrogen) atoms. The van der Waals surface area contributed by atoms with E-state index in [1.807, 2.05) is 50.2 Å². The fourth-order valence-corrected chi connectivity index (χ4v) is 3.87. The number of carbonyl (C=O) groups excluding carboxylic acids is 1. The third-order valence-electron chi connectivity index (χ3n) is 3.46. The van der Waals surface area contributed by atoms with E-state index in [0.717, 1.165) is 25.9 Å². The Morgan fingerprint density at radius 3 is 2.71 bits per heavy atom. The maximum Gasteiger partial charge on any atom is 0.262 e. The van der Waals surface area contributed by atoms with Gasteiger partial charge in [-0.25, -0.2) is 10.4 Å². The first-order chi connectivity index (χ1) is 11.5. The standard InChI is InChI=1S/C17H18N4OS2/c1-10-8-9-14(23-10)11(2)20-21-16(22)12(3)18-17-19-13-6-4-5-7-15(13)24-17/h4-9,12H,1-3H3,(H,18,19)(H,21,22)/b20-11-/t12-/m1/s1. The van der Waals surface area contributed by atoms with Crippen molar-refractivity contribution >= 4 is 49.6 Å². The average molecular weight is 358 g/mol. The zero-order chi connectivity index (χ0) is 17.1. The van der Waals surface area contributed by atoms with E-state index >= 15 is 0 Å². The second-order valence-electron chi connectivity index (χ2n) is 5.44. The van der Waals surface area contributed by atoms with Crippen molar-refractivity contribution in [3.63, 3.8) is 0 Å². The second-order valence-corrected chi connectivity index (χ2v) is 7.75. The molecule has 2 N–H and O–H groups in total. The summed E-state index contributed by atoms with van der Waals surface area (Å²) in [4.78, 5) is 19.0. The van der Waals surface area contributed by atoms with Gasteiger partial charge in [0, 0.05) is 4.88 Å². The van der Waals surface area contributed by atoms with Crippen LogP contribution in [0.4, 0.5) is 5.13 Å². The Morgan fingerprint density at radius 1 is 1.21 bits per heavy atom. The van der Waals surface area contributed by atoms with Crippen molar-refractivity contribution in [2.24, 2.45) is 5.10 Å². The lowest BCUT2D eigenvalue weighted by Crippen LogP contribution is -2.35. The van der Waals surface area contributed by atoms with Crippen LogP contribution < -0.4 is 10.7 Å². The highest BCUT2D eigenvalue weighted by molar-refractivity contribution is 7.22. The molecule has 7 heteroatoms. The van der Waals surface area contributed by atoms with Gasteiger partial charge in [-0.3, -0.25) is 4.79 Å². The molecule has 0 saturated carbocycles. The first-order valence-corrected chi connectivity index (χ1v) is 9.19. The quantitative estimate of drug-likeness (QED) is 0.535. The van der Waals surface area contributed by atoms with Crippen molar-refractivity contribution in [1.82, 2.24) is 10.4 Å². The molecule has 0 aliphatic carbocycles. The minimum absolute atomic E-state index is 0.193. The van der Waals surface area contributed by atoms with Gasteiger partial charge in [0.15, 0.2) is 5.13 Å². The normalized spacial score (nSPS) is 13.0. The number of nitrogens with zero attached hydrogens (tertiary/aromatic N) is 2. The summed E-state index contributed by atoms with van der Waals surface area (Å²) in [7, 11) is 0. The molecule has 2 heterocycles. The van der Waals surface area contributed by atoms with E-state index in [-0.39, 0.29) is 5.91 Å². The van der Waals surface area contributed by atoms with Crippen molar-refractivity contribution in [1.29, 1.82) is 0 Å². The Hall–Kier alpha value is -2.25. The van der Waals surface area contributed by atoms with Gasteiger partial charge in [-0.05, 0) is 45.0 Å². The molecular formula is C17H18N4OS2. The van der Waals surface area contributed by atoms with Gasteiger partial charge < -0.3 is 5.32 Å². The summed E-state index contributed by atoms with van der Waals surface area (Å²) in [5.74, 6) is -0.193. The van der Waals surface area contributed by atoms with Gasteiger partial charge >= 0.3 is 0 Å². The summed E-state index contributed by atoms with van der Waals surface area (Å²) in [5.41, 5.74) is 4.34. The Bertz CT molecular complexity index is 864. The van der Waals surface area contributed by atoms with Crippen LogP contribution >= 0.6 is 22.7 Å². The van der Waals surface area contributed by atoms with E-state index in [1.165, 1.54) is 16.2 Å². The van der Waals surface area contributed by atoms with Crippen LogP contribution in [-0.4, -0.2) is 22.6 Å². The number of thiazole rings is 1. The molecule has 0 bridgehead atoms. The number of hydrogen-bond donors (Lipinski definition) is 2. The number of anilines is 1. The van der Waals surface area contributed by atoms with Gasteiger partial charge in [0.2, 0.25) is 0 Å². The van der Waals surface area contributed by atoms with Crippen LogP contribution in [0.25, 0.3) is 10.2 Å². The molecule has 5 nitrogen and oxygen atoms in total. The Kier molecular flexibility index (Phi) is 4.92. The molecule has 0 saturated heterocycles. The molecule has 3 aromatic rings. The number of rotatable bonds is 5. The molecule has 0 unspecified atom stereocenters. The fourth-order valence-electron chi connectivity index (χ4n) is 2.10. The molecular weight excluding hydrogens is 340 g/mol. The van der Waals surface area contributed by atoms with Crippen LogP contribution in [0.1, 0.15) is 23.6 Å². The Balaban J connectivity index is 1.62. The van der Waals surface area contributed by atoms with Gasteiger partial charge in [0.25, 0.3) is 5.91 Å². The third-order valence-corrected chi connectivity index (χ3v) is 5.53. The summed E-state index contributed by atoms with van der Waals surface area (Å²) in [6, 6.07) is 11.5. The topological polar surface area (TPSA) is 66.4 Å². The van der Waals surface area contributed by atoms with E-state index in [0.29, 0.717) is 0 Å². The number of aromatic nitrogens is 1. The van der Waals surface area contributed by atoms with Gasteiger partial charge in [0.05, 0.1) is 20.8 Å². The van der Waals surface area contributed by atoms with Gasteiger partial charge in [-0.1, -0.05) is 23.5 Å². The van der Waals surface area contributed by atoms with Crippen molar-refractivity contribution < 1.29 is 4.79 Å². The Labute approximate surface area is 148 Å². The van der Waals surface area contributed by atoms with E-state index < -0.39 is 6.04 Å². The number of para-hydroxylation sites is 1. The lowest BCUT2D eigenvalue weighted by atomic mass is 10.3. The molecule has 1 aromatic carbocycles. The van der Waals surface area contributed by atoms with Crippen molar-refractivity contribution in [3.8, 4) is 0 Å². The number of aryl methyl sites for hydroxylation is 1. The largest absolute Gasteiger partial charge is 0.350 e. The number of carbonyl (C=O) groups is 1. The average Bonchev–Trinajstić information content (AvgIpc) is 3.17. The number of thiophene rings is 1. The summed E-state index contributed by atoms with van der Waals surface area (Å²) in [6.07, 6.45) is 0. The first-order valence-electron chi connectivity index (χ1n) is 7.56. The SMILES string of the molecule is C/C(=N/NC(=O)[C@@H](C)Nc1nc2ccccc2s1)c1ccc(C)s1. The predicted octanol–water partition coefficient (Wildman–Crippen LogP) is 4.01. The minimum atomic E-state index is -0.424. The third kappa shape index (κ3) is 3.80.